The van der Waals surface area contributed by atoms with Crippen molar-refractivity contribution in [3.63, 3.8) is 0 Å². The van der Waals surface area contributed by atoms with Gasteiger partial charge in [0.1, 0.15) is 5.82 Å². The van der Waals surface area contributed by atoms with Crippen molar-refractivity contribution in [1.29, 1.82) is 0 Å². The van der Waals surface area contributed by atoms with Gasteiger partial charge in [0.2, 0.25) is 0 Å². The van der Waals surface area contributed by atoms with Crippen molar-refractivity contribution >= 4 is 28.3 Å². The molecule has 0 aliphatic rings. The van der Waals surface area contributed by atoms with Gasteiger partial charge < -0.3 is 4.90 Å². The second kappa shape index (κ2) is 5.77. The van der Waals surface area contributed by atoms with Crippen LogP contribution in [0.5, 0.6) is 0 Å². The van der Waals surface area contributed by atoms with E-state index in [-0.39, 0.29) is 5.69 Å². The molecule has 112 valence electrons. The van der Waals surface area contributed by atoms with Gasteiger partial charge in [-0.2, -0.15) is 4.98 Å². The third kappa shape index (κ3) is 2.44. The van der Waals surface area contributed by atoms with Gasteiger partial charge in [-0.3, -0.25) is 9.55 Å². The monoisotopic (exact) mass is 314 g/mol. The number of hydrogen-bond donors (Lipinski definition) is 0. The van der Waals surface area contributed by atoms with E-state index in [2.05, 4.69) is 9.97 Å². The van der Waals surface area contributed by atoms with Gasteiger partial charge in [-0.1, -0.05) is 11.6 Å². The summed E-state index contributed by atoms with van der Waals surface area (Å²) < 4.78 is 1.53. The van der Waals surface area contributed by atoms with Crippen LogP contribution in [0, 0.1) is 0 Å². The summed E-state index contributed by atoms with van der Waals surface area (Å²) in [5, 5.41) is 1.44. The molecule has 0 atom stereocenters. The highest BCUT2D eigenvalue weighted by molar-refractivity contribution is 6.31. The molecule has 2 aromatic heterocycles. The molecule has 2 heterocycles. The maximum atomic E-state index is 12.5. The Balaban J connectivity index is 2.42. The first-order valence-electron chi connectivity index (χ1n) is 6.95. The fraction of sp³-hybridized carbons (Fsp3) is 0.188. The summed E-state index contributed by atoms with van der Waals surface area (Å²) in [4.78, 5) is 22.8. The van der Waals surface area contributed by atoms with E-state index in [4.69, 9.17) is 11.6 Å². The highest BCUT2D eigenvalue weighted by atomic mass is 35.5. The zero-order valence-corrected chi connectivity index (χ0v) is 13.1. The van der Waals surface area contributed by atoms with Crippen molar-refractivity contribution in [2.75, 3.05) is 18.5 Å². The third-order valence-electron chi connectivity index (χ3n) is 3.57. The second-order valence-corrected chi connectivity index (χ2v) is 5.38. The topological polar surface area (TPSA) is 51.0 Å². The molecule has 0 aliphatic carbocycles. The van der Waals surface area contributed by atoms with Crippen LogP contribution in [0.2, 0.25) is 5.02 Å². The normalized spacial score (nSPS) is 10.9. The smallest absolute Gasteiger partial charge is 0.354 e. The lowest BCUT2D eigenvalue weighted by Crippen LogP contribution is -2.27. The molecular formula is C16H15ClN4O. The Morgan fingerprint density at radius 3 is 2.82 bits per heavy atom. The van der Waals surface area contributed by atoms with Crippen LogP contribution in [0.1, 0.15) is 6.92 Å². The average molecular weight is 315 g/mol. The van der Waals surface area contributed by atoms with E-state index in [0.717, 1.165) is 17.4 Å². The lowest BCUT2D eigenvalue weighted by molar-refractivity contribution is 0.894. The molecule has 0 amide bonds. The Hall–Kier alpha value is -2.40. The predicted octanol–water partition coefficient (Wildman–Crippen LogP) is 2.89. The Morgan fingerprint density at radius 2 is 2.14 bits per heavy atom. The maximum Gasteiger partial charge on any atom is 0.354 e. The molecule has 5 nitrogen and oxygen atoms in total. The zero-order chi connectivity index (χ0) is 15.7. The van der Waals surface area contributed by atoms with Crippen LogP contribution >= 0.6 is 11.6 Å². The van der Waals surface area contributed by atoms with Crippen LogP contribution in [0.4, 0.5) is 5.82 Å². The minimum atomic E-state index is -0.349. The van der Waals surface area contributed by atoms with Crippen LogP contribution in [-0.4, -0.2) is 28.1 Å². The van der Waals surface area contributed by atoms with Crippen LogP contribution in [0.15, 0.2) is 47.5 Å². The largest absolute Gasteiger partial charge is 0.359 e. The number of hydrogen-bond acceptors (Lipinski definition) is 4. The molecule has 22 heavy (non-hydrogen) atoms. The fourth-order valence-electron chi connectivity index (χ4n) is 2.36. The van der Waals surface area contributed by atoms with Gasteiger partial charge in [0.15, 0.2) is 0 Å². The summed E-state index contributed by atoms with van der Waals surface area (Å²) in [7, 11) is 1.91. The van der Waals surface area contributed by atoms with Crippen molar-refractivity contribution in [1.82, 2.24) is 14.5 Å². The van der Waals surface area contributed by atoms with Crippen molar-refractivity contribution in [3.8, 4) is 5.69 Å². The summed E-state index contributed by atoms with van der Waals surface area (Å²) in [5.41, 5.74) is 1.03. The minimum absolute atomic E-state index is 0.349. The lowest BCUT2D eigenvalue weighted by atomic mass is 10.2. The molecule has 6 heteroatoms. The molecule has 0 fully saturated rings. The van der Waals surface area contributed by atoms with E-state index in [1.165, 1.54) is 4.57 Å². The molecule has 0 saturated carbocycles. The van der Waals surface area contributed by atoms with Crippen LogP contribution in [-0.2, 0) is 0 Å². The van der Waals surface area contributed by atoms with E-state index in [1.54, 1.807) is 30.6 Å². The summed E-state index contributed by atoms with van der Waals surface area (Å²) in [6.45, 7) is 2.76. The first-order valence-corrected chi connectivity index (χ1v) is 7.33. The first kappa shape index (κ1) is 14.5. The molecule has 0 radical (unpaired) electrons. The number of nitrogens with zero attached hydrogens (tertiary/aromatic N) is 4. The van der Waals surface area contributed by atoms with Crippen molar-refractivity contribution in [3.05, 3.63) is 58.2 Å². The molecule has 3 aromatic rings. The van der Waals surface area contributed by atoms with E-state index >= 15 is 0 Å². The van der Waals surface area contributed by atoms with Gasteiger partial charge in [-0.25, -0.2) is 4.79 Å². The average Bonchev–Trinajstić information content (AvgIpc) is 2.54. The predicted molar refractivity (Wildman–Crippen MR) is 89.1 cm³/mol. The van der Waals surface area contributed by atoms with Gasteiger partial charge in [0.25, 0.3) is 0 Å². The first-order chi connectivity index (χ1) is 10.6. The van der Waals surface area contributed by atoms with Crippen molar-refractivity contribution < 1.29 is 0 Å². The summed E-state index contributed by atoms with van der Waals surface area (Å²) in [5.74, 6) is 0.652. The van der Waals surface area contributed by atoms with Gasteiger partial charge in [0, 0.05) is 30.2 Å². The molecule has 0 unspecified atom stereocenters. The van der Waals surface area contributed by atoms with Crippen molar-refractivity contribution in [2.24, 2.45) is 0 Å². The summed E-state index contributed by atoms with van der Waals surface area (Å²) in [6.07, 6.45) is 3.29. The Morgan fingerprint density at radius 1 is 1.32 bits per heavy atom. The van der Waals surface area contributed by atoms with Gasteiger partial charge in [-0.15, -0.1) is 0 Å². The molecule has 1 aromatic carbocycles. The number of rotatable bonds is 3. The maximum absolute atomic E-state index is 12.5. The Labute approximate surface area is 132 Å². The van der Waals surface area contributed by atoms with Crippen LogP contribution < -0.4 is 10.6 Å². The van der Waals surface area contributed by atoms with E-state index in [9.17, 15) is 4.79 Å². The summed E-state index contributed by atoms with van der Waals surface area (Å²) >= 11 is 6.13. The number of benzene rings is 1. The number of pyridine rings is 1. The van der Waals surface area contributed by atoms with E-state index in [1.807, 2.05) is 31.0 Å². The Kier molecular flexibility index (Phi) is 3.81. The van der Waals surface area contributed by atoms with Crippen LogP contribution in [0.25, 0.3) is 16.6 Å². The number of aromatic nitrogens is 3. The van der Waals surface area contributed by atoms with E-state index < -0.39 is 0 Å². The van der Waals surface area contributed by atoms with Crippen molar-refractivity contribution in [2.45, 2.75) is 6.92 Å². The second-order valence-electron chi connectivity index (χ2n) is 4.94. The van der Waals surface area contributed by atoms with Crippen LogP contribution in [0.3, 0.4) is 0 Å². The number of fused-ring (bicyclic) bond motifs is 1. The number of halogens is 1. The Bertz CT molecular complexity index is 876. The van der Waals surface area contributed by atoms with Gasteiger partial charge in [-0.05, 0) is 37.3 Å². The SMILES string of the molecule is CCN(C)c1nc(=O)n(-c2cccnc2)c2cc(Cl)ccc12. The zero-order valence-electron chi connectivity index (χ0n) is 12.3. The molecule has 0 spiro atoms. The molecule has 0 saturated heterocycles. The highest BCUT2D eigenvalue weighted by Gasteiger charge is 2.14. The molecule has 0 aliphatic heterocycles. The highest BCUT2D eigenvalue weighted by Crippen LogP contribution is 2.26. The molecule has 0 bridgehead atoms. The van der Waals surface area contributed by atoms with E-state index in [0.29, 0.717) is 16.5 Å². The minimum Gasteiger partial charge on any atom is -0.359 e. The fourth-order valence-corrected chi connectivity index (χ4v) is 2.53. The third-order valence-corrected chi connectivity index (χ3v) is 3.81. The quantitative estimate of drug-likeness (QED) is 0.746. The van der Waals surface area contributed by atoms with Gasteiger partial charge in [0.05, 0.1) is 17.4 Å². The molecule has 0 N–H and O–H groups in total. The number of anilines is 1. The lowest BCUT2D eigenvalue weighted by Gasteiger charge is -2.19. The molecule has 3 rings (SSSR count). The molecular weight excluding hydrogens is 300 g/mol. The summed E-state index contributed by atoms with van der Waals surface area (Å²) in [6, 6.07) is 9.07. The standard InChI is InChI=1S/C16H15ClN4O/c1-3-20(2)15-13-7-6-11(17)9-14(13)21(16(22)19-15)12-5-4-8-18-10-12/h4-10H,3H2,1-2H3. The van der Waals surface area contributed by atoms with Gasteiger partial charge >= 0.3 is 5.69 Å².